The lowest BCUT2D eigenvalue weighted by Crippen LogP contribution is -2.30. The fourth-order valence-corrected chi connectivity index (χ4v) is 11.4. The quantitative estimate of drug-likeness (QED) is 0.0222. The third-order valence-electron chi connectivity index (χ3n) is 15.1. The lowest BCUT2D eigenvalue weighted by Gasteiger charge is -2.21. The normalized spacial score (nSPS) is 14.4. The molecule has 0 spiro atoms. The van der Waals surface area contributed by atoms with Gasteiger partial charge < -0.3 is 33.8 Å². The third kappa shape index (κ3) is 60.7. The van der Waals surface area contributed by atoms with Crippen LogP contribution in [0.3, 0.4) is 0 Å². The maximum absolute atomic E-state index is 13.0. The summed E-state index contributed by atoms with van der Waals surface area (Å²) in [7, 11) is -9.89. The summed E-state index contributed by atoms with van der Waals surface area (Å²) in [5, 5.41) is 10.5. The number of ether oxygens (including phenoxy) is 4. The number of aliphatic hydroxyl groups excluding tert-OH is 1. The Balaban J connectivity index is 5.24. The zero-order chi connectivity index (χ0) is 63.2. The van der Waals surface area contributed by atoms with Gasteiger partial charge in [0.05, 0.1) is 26.4 Å². The number of hydrogen-bond acceptors (Lipinski definition) is 15. The van der Waals surface area contributed by atoms with Gasteiger partial charge in [-0.15, -0.1) is 0 Å². The van der Waals surface area contributed by atoms with Crippen LogP contribution in [0, 0.1) is 23.7 Å². The highest BCUT2D eigenvalue weighted by Crippen LogP contribution is 2.45. The molecule has 504 valence electrons. The minimum atomic E-state index is -4.95. The molecule has 0 aromatic carbocycles. The molecule has 5 atom stereocenters. The van der Waals surface area contributed by atoms with Crippen LogP contribution in [0.25, 0.3) is 0 Å². The first-order valence-corrected chi connectivity index (χ1v) is 37.2. The maximum atomic E-state index is 13.0. The van der Waals surface area contributed by atoms with Crippen molar-refractivity contribution in [1.29, 1.82) is 0 Å². The highest BCUT2D eigenvalue weighted by molar-refractivity contribution is 7.47. The highest BCUT2D eigenvalue weighted by Gasteiger charge is 2.30. The Morgan fingerprint density at radius 3 is 0.729 bits per heavy atom. The number of esters is 4. The summed E-state index contributed by atoms with van der Waals surface area (Å²) < 4.78 is 68.0. The lowest BCUT2D eigenvalue weighted by molar-refractivity contribution is -0.161. The molecular formula is C66H128O17P2. The Morgan fingerprint density at radius 2 is 0.494 bits per heavy atom. The number of unbranched alkanes of at least 4 members (excludes halogenated alkanes) is 29. The molecule has 0 aliphatic heterocycles. The van der Waals surface area contributed by atoms with Gasteiger partial charge in [0.25, 0.3) is 0 Å². The van der Waals surface area contributed by atoms with Crippen LogP contribution in [0.15, 0.2) is 0 Å². The number of phosphoric ester groups is 2. The standard InChI is InChI=1S/C66H128O17P2/c1-56(2)42-34-26-18-13-10-9-11-15-21-30-38-46-63(68)76-52-61(82-65(70)48-40-32-22-16-12-14-19-27-35-43-57(3)4)54-80-84(72,73)78-50-60(67)51-79-85(74,75)81-55-62(53-77-64(69)47-39-31-25-24-29-37-45-59(7)8)83-66(71)49-41-33-23-17-20-28-36-44-58(5)6/h56-62,67H,9-55H2,1-8H3,(H,72,73)(H,74,75)/t60-,61-,62-/m1/s1. The summed E-state index contributed by atoms with van der Waals surface area (Å²) in [4.78, 5) is 72.3. The number of hydrogen-bond donors (Lipinski definition) is 3. The number of phosphoric acid groups is 2. The summed E-state index contributed by atoms with van der Waals surface area (Å²) in [6, 6.07) is 0. The minimum absolute atomic E-state index is 0.102. The first-order valence-electron chi connectivity index (χ1n) is 34.2. The van der Waals surface area contributed by atoms with E-state index < -0.39 is 97.5 Å². The zero-order valence-corrected chi connectivity index (χ0v) is 57.0. The first kappa shape index (κ1) is 83.1. The van der Waals surface area contributed by atoms with Crippen molar-refractivity contribution < 1.29 is 80.2 Å². The summed E-state index contributed by atoms with van der Waals surface area (Å²) in [6.45, 7) is 13.9. The molecule has 0 saturated heterocycles. The molecule has 2 unspecified atom stereocenters. The van der Waals surface area contributed by atoms with Crippen LogP contribution in [0.1, 0.15) is 319 Å². The fourth-order valence-electron chi connectivity index (χ4n) is 9.78. The molecule has 0 aliphatic carbocycles. The van der Waals surface area contributed by atoms with Crippen LogP contribution >= 0.6 is 15.6 Å². The van der Waals surface area contributed by atoms with Crippen molar-refractivity contribution in [2.75, 3.05) is 39.6 Å². The molecule has 0 aromatic heterocycles. The molecule has 0 radical (unpaired) electrons. The van der Waals surface area contributed by atoms with Crippen LogP contribution in [-0.2, 0) is 65.4 Å². The van der Waals surface area contributed by atoms with Crippen LogP contribution < -0.4 is 0 Å². The van der Waals surface area contributed by atoms with Gasteiger partial charge in [-0.1, -0.05) is 267 Å². The average molecular weight is 1260 g/mol. The van der Waals surface area contributed by atoms with E-state index in [4.69, 9.17) is 37.0 Å². The Hall–Kier alpha value is -1.94. The third-order valence-corrected chi connectivity index (χ3v) is 17.0. The van der Waals surface area contributed by atoms with Gasteiger partial charge in [0.15, 0.2) is 12.2 Å². The second-order valence-electron chi connectivity index (χ2n) is 25.8. The van der Waals surface area contributed by atoms with Gasteiger partial charge in [0, 0.05) is 25.7 Å². The maximum Gasteiger partial charge on any atom is 0.472 e. The van der Waals surface area contributed by atoms with Crippen molar-refractivity contribution in [3.8, 4) is 0 Å². The van der Waals surface area contributed by atoms with E-state index in [0.29, 0.717) is 37.5 Å². The van der Waals surface area contributed by atoms with Crippen LogP contribution in [0.2, 0.25) is 0 Å². The smallest absolute Gasteiger partial charge is 0.462 e. The largest absolute Gasteiger partial charge is 0.472 e. The van der Waals surface area contributed by atoms with Gasteiger partial charge in [-0.05, 0) is 49.4 Å². The Morgan fingerprint density at radius 1 is 0.294 bits per heavy atom. The van der Waals surface area contributed by atoms with Gasteiger partial charge in [-0.25, -0.2) is 9.13 Å². The Bertz CT molecular complexity index is 1700. The SMILES string of the molecule is CC(C)CCCCCCCCCCCCCC(=O)OC[C@H](COP(=O)(O)OC[C@@H](O)COP(=O)(O)OC[C@@H](COC(=O)CCCCCCCCC(C)C)OC(=O)CCCCCCCCCC(C)C)OC(=O)CCCCCCCCCCCC(C)C. The fraction of sp³-hybridized carbons (Fsp3) is 0.939. The second kappa shape index (κ2) is 56.1. The average Bonchev–Trinajstić information content (AvgIpc) is 3.43. The molecule has 85 heavy (non-hydrogen) atoms. The summed E-state index contributed by atoms with van der Waals surface area (Å²) in [5.74, 6) is 0.744. The van der Waals surface area contributed by atoms with Gasteiger partial charge in [-0.3, -0.25) is 37.3 Å². The number of aliphatic hydroxyl groups is 1. The van der Waals surface area contributed by atoms with Crippen molar-refractivity contribution >= 4 is 39.5 Å². The minimum Gasteiger partial charge on any atom is -0.462 e. The summed E-state index contributed by atoms with van der Waals surface area (Å²) in [6.07, 6.45) is 36.4. The molecule has 0 saturated carbocycles. The van der Waals surface area contributed by atoms with Crippen molar-refractivity contribution in [1.82, 2.24) is 0 Å². The molecular weight excluding hydrogens is 1130 g/mol. The molecule has 0 amide bonds. The highest BCUT2D eigenvalue weighted by atomic mass is 31.2. The molecule has 3 N–H and O–H groups in total. The van der Waals surface area contributed by atoms with Crippen LogP contribution in [0.5, 0.6) is 0 Å². The van der Waals surface area contributed by atoms with Gasteiger partial charge in [0.1, 0.15) is 19.3 Å². The number of carbonyl (C=O) groups is 4. The first-order chi connectivity index (χ1) is 40.6. The van der Waals surface area contributed by atoms with Gasteiger partial charge in [0.2, 0.25) is 0 Å². The molecule has 0 aromatic rings. The van der Waals surface area contributed by atoms with Crippen molar-refractivity contribution in [3.63, 3.8) is 0 Å². The summed E-state index contributed by atoms with van der Waals surface area (Å²) >= 11 is 0. The molecule has 0 fully saturated rings. The van der Waals surface area contributed by atoms with E-state index in [1.165, 1.54) is 116 Å². The topological polar surface area (TPSA) is 237 Å². The van der Waals surface area contributed by atoms with E-state index in [0.717, 1.165) is 108 Å². The van der Waals surface area contributed by atoms with E-state index in [1.807, 2.05) is 0 Å². The van der Waals surface area contributed by atoms with E-state index in [9.17, 15) is 43.2 Å². The molecule has 0 bridgehead atoms. The molecule has 0 rings (SSSR count). The molecule has 0 aliphatic rings. The Kier molecular flexibility index (Phi) is 54.8. The Labute approximate surface area is 517 Å². The zero-order valence-electron chi connectivity index (χ0n) is 55.2. The predicted molar refractivity (Wildman–Crippen MR) is 340 cm³/mol. The van der Waals surface area contributed by atoms with Gasteiger partial charge >= 0.3 is 39.5 Å². The molecule has 0 heterocycles. The van der Waals surface area contributed by atoms with Gasteiger partial charge in [-0.2, -0.15) is 0 Å². The molecule has 19 heteroatoms. The van der Waals surface area contributed by atoms with E-state index in [-0.39, 0.29) is 25.7 Å². The second-order valence-corrected chi connectivity index (χ2v) is 28.7. The monoisotopic (exact) mass is 1250 g/mol. The van der Waals surface area contributed by atoms with E-state index in [2.05, 4.69) is 55.4 Å². The number of carbonyl (C=O) groups excluding carboxylic acids is 4. The van der Waals surface area contributed by atoms with Crippen molar-refractivity contribution in [2.24, 2.45) is 23.7 Å². The van der Waals surface area contributed by atoms with Crippen molar-refractivity contribution in [3.05, 3.63) is 0 Å². The predicted octanol–water partition coefficient (Wildman–Crippen LogP) is 18.1. The van der Waals surface area contributed by atoms with Crippen LogP contribution in [0.4, 0.5) is 0 Å². The van der Waals surface area contributed by atoms with Crippen molar-refractivity contribution in [2.45, 2.75) is 337 Å². The summed E-state index contributed by atoms with van der Waals surface area (Å²) in [5.41, 5.74) is 0. The lowest BCUT2D eigenvalue weighted by atomic mass is 10.0. The number of rotatable bonds is 63. The molecule has 17 nitrogen and oxygen atoms in total. The van der Waals surface area contributed by atoms with E-state index in [1.54, 1.807) is 0 Å². The van der Waals surface area contributed by atoms with E-state index >= 15 is 0 Å². The van der Waals surface area contributed by atoms with Crippen LogP contribution in [-0.4, -0.2) is 96.7 Å².